The lowest BCUT2D eigenvalue weighted by Crippen LogP contribution is -2.11. The van der Waals surface area contributed by atoms with E-state index in [0.29, 0.717) is 26.6 Å². The van der Waals surface area contributed by atoms with Crippen molar-refractivity contribution in [1.29, 1.82) is 0 Å². The maximum absolute atomic E-state index is 13.0. The molecule has 0 aliphatic carbocycles. The zero-order valence-corrected chi connectivity index (χ0v) is 17.0. The summed E-state index contributed by atoms with van der Waals surface area (Å²) in [5.74, 6) is -0.294. The quantitative estimate of drug-likeness (QED) is 0.440. The van der Waals surface area contributed by atoms with E-state index < -0.39 is 5.91 Å². The normalized spacial score (nSPS) is 10.8. The average molecular weight is 447 g/mol. The predicted octanol–water partition coefficient (Wildman–Crippen LogP) is 4.46. The Balaban J connectivity index is 1.41. The Morgan fingerprint density at radius 3 is 2.79 bits per heavy atom. The van der Waals surface area contributed by atoms with Gasteiger partial charge in [-0.15, -0.1) is 20.4 Å². The molecule has 0 aliphatic heterocycles. The van der Waals surface area contributed by atoms with E-state index in [4.69, 9.17) is 11.6 Å². The van der Waals surface area contributed by atoms with Gasteiger partial charge in [-0.2, -0.15) is 0 Å². The van der Waals surface area contributed by atoms with Gasteiger partial charge in [-0.3, -0.25) is 9.36 Å². The van der Waals surface area contributed by atoms with Crippen molar-refractivity contribution in [3.05, 3.63) is 75.7 Å². The van der Waals surface area contributed by atoms with E-state index in [9.17, 15) is 9.18 Å². The number of benzene rings is 2. The monoisotopic (exact) mass is 446 g/mol. The molecule has 0 fully saturated rings. The van der Waals surface area contributed by atoms with E-state index in [0.717, 1.165) is 5.69 Å². The zero-order valence-electron chi connectivity index (χ0n) is 14.6. The maximum atomic E-state index is 13.0. The highest BCUT2D eigenvalue weighted by atomic mass is 35.5. The minimum absolute atomic E-state index is 0.223. The van der Waals surface area contributed by atoms with Crippen LogP contribution < -0.4 is 5.32 Å². The number of hydrogen-bond donors (Lipinski definition) is 1. The number of aromatic nitrogens is 5. The van der Waals surface area contributed by atoms with Gasteiger partial charge in [-0.1, -0.05) is 40.8 Å². The van der Waals surface area contributed by atoms with Gasteiger partial charge in [0.15, 0.2) is 5.16 Å². The Morgan fingerprint density at radius 1 is 1.17 bits per heavy atom. The summed E-state index contributed by atoms with van der Waals surface area (Å²) in [6, 6.07) is 12.9. The molecule has 1 N–H and O–H groups in total. The third-order valence-electron chi connectivity index (χ3n) is 3.69. The SMILES string of the molecule is O=C(Nc1ccc(F)cc1)c1nnc(CSc2nncn2-c2cccc(Cl)c2)s1. The van der Waals surface area contributed by atoms with Gasteiger partial charge in [0, 0.05) is 10.7 Å². The first-order valence-electron chi connectivity index (χ1n) is 8.26. The van der Waals surface area contributed by atoms with E-state index in [1.807, 2.05) is 22.8 Å². The fraction of sp³-hybridized carbons (Fsp3) is 0.0556. The molecule has 29 heavy (non-hydrogen) atoms. The average Bonchev–Trinajstić information content (AvgIpc) is 3.37. The number of rotatable bonds is 6. The second-order valence-corrected chi connectivity index (χ2v) is 8.16. The molecule has 7 nitrogen and oxygen atoms in total. The smallest absolute Gasteiger partial charge is 0.286 e. The van der Waals surface area contributed by atoms with Crippen molar-refractivity contribution in [3.63, 3.8) is 0 Å². The first-order valence-corrected chi connectivity index (χ1v) is 10.4. The Hall–Kier alpha value is -2.82. The largest absolute Gasteiger partial charge is 0.320 e. The van der Waals surface area contributed by atoms with Gasteiger partial charge in [0.2, 0.25) is 5.01 Å². The first-order chi connectivity index (χ1) is 14.1. The molecular formula is C18H12ClFN6OS2. The molecule has 11 heteroatoms. The fourth-order valence-corrected chi connectivity index (χ4v) is 4.21. The summed E-state index contributed by atoms with van der Waals surface area (Å²) in [7, 11) is 0. The van der Waals surface area contributed by atoms with Crippen molar-refractivity contribution in [2.45, 2.75) is 10.9 Å². The van der Waals surface area contributed by atoms with Crippen molar-refractivity contribution in [2.75, 3.05) is 5.32 Å². The molecule has 1 amide bonds. The maximum Gasteiger partial charge on any atom is 0.286 e. The highest BCUT2D eigenvalue weighted by Crippen LogP contribution is 2.26. The van der Waals surface area contributed by atoms with Crippen molar-refractivity contribution < 1.29 is 9.18 Å². The second kappa shape index (κ2) is 8.68. The van der Waals surface area contributed by atoms with E-state index >= 15 is 0 Å². The van der Waals surface area contributed by atoms with Crippen LogP contribution in [0.4, 0.5) is 10.1 Å². The lowest BCUT2D eigenvalue weighted by Gasteiger charge is -2.05. The van der Waals surface area contributed by atoms with Crippen LogP contribution in [-0.2, 0) is 5.75 Å². The van der Waals surface area contributed by atoms with Crippen molar-refractivity contribution in [3.8, 4) is 5.69 Å². The van der Waals surface area contributed by atoms with Crippen LogP contribution in [0.1, 0.15) is 14.8 Å². The standard InChI is InChI=1S/C18H12ClFN6OS2/c19-11-2-1-3-14(8-11)26-10-21-25-18(26)28-9-15-23-24-17(29-15)16(27)22-13-6-4-12(20)5-7-13/h1-8,10H,9H2,(H,22,27). The van der Waals surface area contributed by atoms with Gasteiger partial charge in [-0.05, 0) is 42.5 Å². The van der Waals surface area contributed by atoms with Crippen LogP contribution in [0.15, 0.2) is 60.0 Å². The number of carbonyl (C=O) groups excluding carboxylic acids is 1. The number of hydrogen-bond acceptors (Lipinski definition) is 7. The Kier molecular flexibility index (Phi) is 5.84. The third kappa shape index (κ3) is 4.78. The summed E-state index contributed by atoms with van der Waals surface area (Å²) >= 11 is 8.65. The molecule has 0 atom stereocenters. The summed E-state index contributed by atoms with van der Waals surface area (Å²) in [5, 5.41) is 20.9. The number of amides is 1. The van der Waals surface area contributed by atoms with Gasteiger partial charge >= 0.3 is 0 Å². The molecule has 146 valence electrons. The number of halogens is 2. The Bertz CT molecular complexity index is 1150. The van der Waals surface area contributed by atoms with Crippen LogP contribution in [0.3, 0.4) is 0 Å². The van der Waals surface area contributed by atoms with Crippen LogP contribution in [-0.4, -0.2) is 30.9 Å². The third-order valence-corrected chi connectivity index (χ3v) is 5.98. The molecule has 2 heterocycles. The molecule has 0 aliphatic rings. The van der Waals surface area contributed by atoms with E-state index in [-0.39, 0.29) is 10.8 Å². The molecule has 2 aromatic carbocycles. The minimum Gasteiger partial charge on any atom is -0.320 e. The number of thioether (sulfide) groups is 1. The van der Waals surface area contributed by atoms with Gasteiger partial charge in [-0.25, -0.2) is 4.39 Å². The molecule has 0 unspecified atom stereocenters. The van der Waals surface area contributed by atoms with Crippen LogP contribution in [0.25, 0.3) is 5.69 Å². The molecule has 0 saturated carbocycles. The Labute approximate surface area is 178 Å². The van der Waals surface area contributed by atoms with E-state index in [1.165, 1.54) is 47.4 Å². The highest BCUT2D eigenvalue weighted by Gasteiger charge is 2.15. The Morgan fingerprint density at radius 2 is 2.00 bits per heavy atom. The molecule has 0 bridgehead atoms. The molecule has 0 radical (unpaired) electrons. The summed E-state index contributed by atoms with van der Waals surface area (Å²) in [5.41, 5.74) is 1.33. The molecular weight excluding hydrogens is 435 g/mol. The first kappa shape index (κ1) is 19.5. The number of carbonyl (C=O) groups is 1. The lowest BCUT2D eigenvalue weighted by molar-refractivity contribution is 0.102. The van der Waals surface area contributed by atoms with Gasteiger partial charge < -0.3 is 5.32 Å². The molecule has 4 aromatic rings. The van der Waals surface area contributed by atoms with Gasteiger partial charge in [0.25, 0.3) is 5.91 Å². The number of nitrogens with one attached hydrogen (secondary N) is 1. The van der Waals surface area contributed by atoms with Gasteiger partial charge in [0.1, 0.15) is 17.2 Å². The summed E-state index contributed by atoms with van der Waals surface area (Å²) < 4.78 is 14.8. The molecule has 2 aromatic heterocycles. The number of nitrogens with zero attached hydrogens (tertiary/aromatic N) is 5. The van der Waals surface area contributed by atoms with Crippen LogP contribution in [0.5, 0.6) is 0 Å². The molecule has 4 rings (SSSR count). The highest BCUT2D eigenvalue weighted by molar-refractivity contribution is 7.98. The molecule has 0 saturated heterocycles. The fourth-order valence-electron chi connectivity index (χ4n) is 2.37. The summed E-state index contributed by atoms with van der Waals surface area (Å²) in [6.07, 6.45) is 1.61. The zero-order chi connectivity index (χ0) is 20.2. The summed E-state index contributed by atoms with van der Waals surface area (Å²) in [6.45, 7) is 0. The topological polar surface area (TPSA) is 85.6 Å². The lowest BCUT2D eigenvalue weighted by atomic mass is 10.3. The molecule has 0 spiro atoms. The van der Waals surface area contributed by atoms with E-state index in [1.54, 1.807) is 12.4 Å². The van der Waals surface area contributed by atoms with Gasteiger partial charge in [0.05, 0.1) is 11.4 Å². The van der Waals surface area contributed by atoms with Crippen LogP contribution in [0.2, 0.25) is 5.02 Å². The van der Waals surface area contributed by atoms with Crippen LogP contribution in [0, 0.1) is 5.82 Å². The van der Waals surface area contributed by atoms with Crippen molar-refractivity contribution >= 4 is 46.3 Å². The van der Waals surface area contributed by atoms with Crippen LogP contribution >= 0.6 is 34.7 Å². The second-order valence-electron chi connectivity index (χ2n) is 5.71. The van der Waals surface area contributed by atoms with Crippen molar-refractivity contribution in [1.82, 2.24) is 25.0 Å². The van der Waals surface area contributed by atoms with Crippen molar-refractivity contribution in [2.24, 2.45) is 0 Å². The number of anilines is 1. The van der Waals surface area contributed by atoms with E-state index in [2.05, 4.69) is 25.7 Å². The predicted molar refractivity (Wildman–Crippen MR) is 110 cm³/mol. The summed E-state index contributed by atoms with van der Waals surface area (Å²) in [4.78, 5) is 12.3. The minimum atomic E-state index is -0.396.